The third-order valence-electron chi connectivity index (χ3n) is 4.80. The Hall–Kier alpha value is -2.81. The van der Waals surface area contributed by atoms with Crippen LogP contribution in [0.15, 0.2) is 81.0 Å². The van der Waals surface area contributed by atoms with Crippen LogP contribution < -0.4 is 10.6 Å². The molecule has 0 bridgehead atoms. The van der Waals surface area contributed by atoms with Crippen LogP contribution in [-0.2, 0) is 19.1 Å². The van der Waals surface area contributed by atoms with E-state index < -0.39 is 11.9 Å². The van der Waals surface area contributed by atoms with Gasteiger partial charge in [0, 0.05) is 43.5 Å². The number of halogens is 2. The van der Waals surface area contributed by atoms with Gasteiger partial charge in [-0.2, -0.15) is 0 Å². The van der Waals surface area contributed by atoms with Gasteiger partial charge in [0.1, 0.15) is 0 Å². The molecule has 3 aromatic rings. The predicted octanol–water partition coefficient (Wildman–Crippen LogP) is 6.85. The molecule has 0 atom stereocenters. The number of ether oxygens (including phenoxy) is 1. The fourth-order valence-corrected chi connectivity index (χ4v) is 4.45. The highest BCUT2D eigenvalue weighted by atomic mass is 79.9. The van der Waals surface area contributed by atoms with Gasteiger partial charge in [0.2, 0.25) is 5.91 Å². The number of hydrogen-bond acceptors (Lipinski definition) is 5. The van der Waals surface area contributed by atoms with Gasteiger partial charge in [0.25, 0.3) is 5.91 Å². The molecule has 3 aromatic carbocycles. The van der Waals surface area contributed by atoms with Gasteiger partial charge in [-0.15, -0.1) is 0 Å². The molecule has 0 saturated carbocycles. The van der Waals surface area contributed by atoms with E-state index >= 15 is 0 Å². The maximum atomic E-state index is 12.2. The Labute approximate surface area is 221 Å². The number of esters is 1. The van der Waals surface area contributed by atoms with Crippen molar-refractivity contribution >= 4 is 68.5 Å². The smallest absolute Gasteiger partial charge is 0.306 e. The molecule has 2 amide bonds. The van der Waals surface area contributed by atoms with Gasteiger partial charge in [-0.3, -0.25) is 14.4 Å². The zero-order chi connectivity index (χ0) is 25.2. The maximum Gasteiger partial charge on any atom is 0.306 e. The molecule has 9 heteroatoms. The highest BCUT2D eigenvalue weighted by molar-refractivity contribution is 9.10. The second kappa shape index (κ2) is 13.3. The number of aryl methyl sites for hydroxylation is 1. The largest absolute Gasteiger partial charge is 0.456 e. The van der Waals surface area contributed by atoms with E-state index in [1.165, 1.54) is 0 Å². The van der Waals surface area contributed by atoms with E-state index in [1.54, 1.807) is 17.8 Å². The van der Waals surface area contributed by atoms with Gasteiger partial charge < -0.3 is 15.4 Å². The summed E-state index contributed by atoms with van der Waals surface area (Å²) < 4.78 is 5.92. The Morgan fingerprint density at radius 2 is 1.54 bits per heavy atom. The zero-order valence-corrected chi connectivity index (χ0v) is 22.1. The molecule has 3 rings (SSSR count). The van der Waals surface area contributed by atoms with Crippen LogP contribution in [0.3, 0.4) is 0 Å². The number of benzene rings is 3. The Balaban J connectivity index is 1.33. The van der Waals surface area contributed by atoms with Crippen molar-refractivity contribution in [1.29, 1.82) is 0 Å². The number of amides is 2. The van der Waals surface area contributed by atoms with Crippen LogP contribution in [0.1, 0.15) is 24.8 Å². The van der Waals surface area contributed by atoms with Crippen LogP contribution in [0.2, 0.25) is 5.02 Å². The first-order valence-corrected chi connectivity index (χ1v) is 12.8. The number of anilines is 2. The lowest BCUT2D eigenvalue weighted by molar-refractivity contribution is -0.147. The summed E-state index contributed by atoms with van der Waals surface area (Å²) in [6.45, 7) is 1.49. The van der Waals surface area contributed by atoms with E-state index in [9.17, 15) is 14.4 Å². The topological polar surface area (TPSA) is 84.5 Å². The molecule has 35 heavy (non-hydrogen) atoms. The molecule has 0 aliphatic carbocycles. The van der Waals surface area contributed by atoms with Gasteiger partial charge in [0.05, 0.1) is 0 Å². The SMILES string of the molecule is Cc1cc(Br)ccc1NC(=O)COC(=O)CCCC(=O)Nc1ccc(Sc2ccc(Cl)cc2)cc1. The van der Waals surface area contributed by atoms with Crippen LogP contribution in [0.25, 0.3) is 0 Å². The van der Waals surface area contributed by atoms with Gasteiger partial charge >= 0.3 is 5.97 Å². The first kappa shape index (κ1) is 26.8. The molecular formula is C26H24BrClN2O4S. The summed E-state index contributed by atoms with van der Waals surface area (Å²) in [4.78, 5) is 38.2. The van der Waals surface area contributed by atoms with Crippen LogP contribution in [0, 0.1) is 6.92 Å². The number of carbonyl (C=O) groups excluding carboxylic acids is 3. The van der Waals surface area contributed by atoms with Gasteiger partial charge in [-0.05, 0) is 85.6 Å². The summed E-state index contributed by atoms with van der Waals surface area (Å²) in [6, 6.07) is 20.5. The Bertz CT molecular complexity index is 1190. The fourth-order valence-electron chi connectivity index (χ4n) is 3.03. The minimum Gasteiger partial charge on any atom is -0.456 e. The summed E-state index contributed by atoms with van der Waals surface area (Å²) in [6.07, 6.45) is 0.540. The van der Waals surface area contributed by atoms with Gasteiger partial charge in [0.15, 0.2) is 6.61 Å². The third-order valence-corrected chi connectivity index (χ3v) is 6.56. The normalized spacial score (nSPS) is 10.5. The average Bonchev–Trinajstić information content (AvgIpc) is 2.82. The first-order chi connectivity index (χ1) is 16.8. The summed E-state index contributed by atoms with van der Waals surface area (Å²) in [5, 5.41) is 6.21. The van der Waals surface area contributed by atoms with Crippen LogP contribution in [-0.4, -0.2) is 24.4 Å². The van der Waals surface area contributed by atoms with E-state index in [2.05, 4.69) is 26.6 Å². The second-order valence-electron chi connectivity index (χ2n) is 7.65. The van der Waals surface area contributed by atoms with Crippen LogP contribution in [0.4, 0.5) is 11.4 Å². The number of rotatable bonds is 10. The molecule has 0 spiro atoms. The zero-order valence-electron chi connectivity index (χ0n) is 19.0. The van der Waals surface area contributed by atoms with Gasteiger partial charge in [-0.1, -0.05) is 39.3 Å². The Morgan fingerprint density at radius 1 is 0.886 bits per heavy atom. The van der Waals surface area contributed by atoms with E-state index in [1.807, 2.05) is 67.6 Å². The lowest BCUT2D eigenvalue weighted by Gasteiger charge is -2.09. The van der Waals surface area contributed by atoms with Crippen molar-refractivity contribution in [3.05, 3.63) is 81.8 Å². The molecule has 0 aromatic heterocycles. The maximum absolute atomic E-state index is 12.2. The van der Waals surface area contributed by atoms with Crippen molar-refractivity contribution < 1.29 is 19.1 Å². The third kappa shape index (κ3) is 9.39. The lowest BCUT2D eigenvalue weighted by atomic mass is 10.2. The first-order valence-electron chi connectivity index (χ1n) is 10.8. The van der Waals surface area contributed by atoms with Gasteiger partial charge in [-0.25, -0.2) is 0 Å². The summed E-state index contributed by atoms with van der Waals surface area (Å²) in [7, 11) is 0. The standard InChI is InChI=1S/C26H24BrClN2O4S/c1-17-15-18(27)5-14-23(17)30-25(32)16-34-26(33)4-2-3-24(31)29-20-8-12-22(13-9-20)35-21-10-6-19(28)7-11-21/h5-15H,2-4,16H2,1H3,(H,29,31)(H,30,32). The van der Waals surface area contributed by atoms with Crippen molar-refractivity contribution in [3.8, 4) is 0 Å². The molecular weight excluding hydrogens is 552 g/mol. The molecule has 2 N–H and O–H groups in total. The van der Waals surface area contributed by atoms with Crippen LogP contribution >= 0.6 is 39.3 Å². The minimum atomic E-state index is -0.524. The van der Waals surface area contributed by atoms with Crippen molar-refractivity contribution in [2.75, 3.05) is 17.2 Å². The molecule has 6 nitrogen and oxygen atoms in total. The van der Waals surface area contributed by atoms with E-state index in [0.717, 1.165) is 19.8 Å². The highest BCUT2D eigenvalue weighted by Crippen LogP contribution is 2.29. The summed E-state index contributed by atoms with van der Waals surface area (Å²) in [5.41, 5.74) is 2.22. The van der Waals surface area contributed by atoms with Crippen molar-refractivity contribution in [2.45, 2.75) is 36.0 Å². The monoisotopic (exact) mass is 574 g/mol. The molecule has 0 fully saturated rings. The molecule has 0 saturated heterocycles. The fraction of sp³-hybridized carbons (Fsp3) is 0.192. The van der Waals surface area contributed by atoms with Crippen LogP contribution in [0.5, 0.6) is 0 Å². The molecule has 0 aliphatic rings. The average molecular weight is 576 g/mol. The molecule has 0 radical (unpaired) electrons. The number of nitrogens with one attached hydrogen (secondary N) is 2. The molecule has 0 aliphatic heterocycles. The van der Waals surface area contributed by atoms with Crippen molar-refractivity contribution in [3.63, 3.8) is 0 Å². The summed E-state index contributed by atoms with van der Waals surface area (Å²) in [5.74, 6) is -1.14. The lowest BCUT2D eigenvalue weighted by Crippen LogP contribution is -2.21. The van der Waals surface area contributed by atoms with Crippen molar-refractivity contribution in [1.82, 2.24) is 0 Å². The molecule has 0 heterocycles. The van der Waals surface area contributed by atoms with Crippen molar-refractivity contribution in [2.24, 2.45) is 0 Å². The second-order valence-corrected chi connectivity index (χ2v) is 10.1. The predicted molar refractivity (Wildman–Crippen MR) is 143 cm³/mol. The van der Waals surface area contributed by atoms with E-state index in [4.69, 9.17) is 16.3 Å². The summed E-state index contributed by atoms with van der Waals surface area (Å²) >= 11 is 10.9. The molecule has 0 unspecified atom stereocenters. The Kier molecular flexibility index (Phi) is 10.2. The number of hydrogen-bond donors (Lipinski definition) is 2. The quantitative estimate of drug-likeness (QED) is 0.258. The highest BCUT2D eigenvalue weighted by Gasteiger charge is 2.11. The minimum absolute atomic E-state index is 0.0503. The molecule has 182 valence electrons. The number of carbonyl (C=O) groups is 3. The van der Waals surface area contributed by atoms with E-state index in [-0.39, 0.29) is 25.4 Å². The van der Waals surface area contributed by atoms with E-state index in [0.29, 0.717) is 22.8 Å². The Morgan fingerprint density at radius 3 is 2.20 bits per heavy atom.